The van der Waals surface area contributed by atoms with Gasteiger partial charge in [0.1, 0.15) is 11.4 Å². The van der Waals surface area contributed by atoms with Crippen LogP contribution in [0.5, 0.6) is 5.75 Å². The first-order valence-electron chi connectivity index (χ1n) is 5.18. The van der Waals surface area contributed by atoms with Gasteiger partial charge in [-0.2, -0.15) is 0 Å². The predicted molar refractivity (Wildman–Crippen MR) is 60.7 cm³/mol. The predicted octanol–water partition coefficient (Wildman–Crippen LogP) is 1.13. The molecule has 0 aliphatic heterocycles. The molecule has 0 aliphatic carbocycles. The third-order valence-corrected chi connectivity index (χ3v) is 2.46. The largest absolute Gasteiger partial charge is 0.507 e. The van der Waals surface area contributed by atoms with Crippen molar-refractivity contribution in [1.82, 2.24) is 15.0 Å². The van der Waals surface area contributed by atoms with Crippen LogP contribution in [0, 0.1) is 0 Å². The van der Waals surface area contributed by atoms with Crippen LogP contribution in [0.3, 0.4) is 0 Å². The molecule has 2 rings (SSSR count). The van der Waals surface area contributed by atoms with Crippen LogP contribution in [0.1, 0.15) is 12.6 Å². The van der Waals surface area contributed by atoms with Crippen molar-refractivity contribution in [2.75, 3.05) is 0 Å². The molecule has 0 saturated heterocycles. The van der Waals surface area contributed by atoms with E-state index < -0.39 is 0 Å². The lowest BCUT2D eigenvalue weighted by molar-refractivity contribution is 0.476. The number of phenolic OH excluding ortho intramolecular Hbond substituents is 1. The summed E-state index contributed by atoms with van der Waals surface area (Å²) >= 11 is 0. The van der Waals surface area contributed by atoms with Crippen LogP contribution in [0.15, 0.2) is 24.3 Å². The highest BCUT2D eigenvalue weighted by Crippen LogP contribution is 2.30. The molecule has 0 saturated carbocycles. The minimum Gasteiger partial charge on any atom is -0.507 e. The molecule has 0 fully saturated rings. The summed E-state index contributed by atoms with van der Waals surface area (Å²) in [4.78, 5) is 0. The van der Waals surface area contributed by atoms with E-state index >= 15 is 0 Å². The summed E-state index contributed by atoms with van der Waals surface area (Å²) in [5.74, 6) is 0.217. The SMILES string of the molecule is CCn1nnc(CN)c1-c1ccccc1O. The molecule has 0 radical (unpaired) electrons. The van der Waals surface area contributed by atoms with Crippen molar-refractivity contribution in [1.29, 1.82) is 0 Å². The Morgan fingerprint density at radius 2 is 2.12 bits per heavy atom. The van der Waals surface area contributed by atoms with Crippen LogP contribution >= 0.6 is 0 Å². The molecule has 2 aromatic rings. The molecule has 0 amide bonds. The first kappa shape index (κ1) is 10.6. The summed E-state index contributed by atoms with van der Waals surface area (Å²) in [7, 11) is 0. The van der Waals surface area contributed by atoms with Crippen LogP contribution in [0.4, 0.5) is 0 Å². The Labute approximate surface area is 93.5 Å². The first-order valence-corrected chi connectivity index (χ1v) is 5.18. The van der Waals surface area contributed by atoms with E-state index in [-0.39, 0.29) is 5.75 Å². The molecule has 5 heteroatoms. The van der Waals surface area contributed by atoms with Crippen LogP contribution < -0.4 is 5.73 Å². The van der Waals surface area contributed by atoms with Gasteiger partial charge in [0, 0.05) is 18.7 Å². The Bertz CT molecular complexity index is 471. The molecular formula is C11H14N4O. The number of hydrogen-bond acceptors (Lipinski definition) is 4. The topological polar surface area (TPSA) is 77.0 Å². The number of nitrogens with zero attached hydrogens (tertiary/aromatic N) is 3. The zero-order valence-electron chi connectivity index (χ0n) is 9.09. The summed E-state index contributed by atoms with van der Waals surface area (Å²) in [6.45, 7) is 2.97. The third kappa shape index (κ3) is 1.65. The quantitative estimate of drug-likeness (QED) is 0.809. The average Bonchev–Trinajstić information content (AvgIpc) is 2.72. The fourth-order valence-corrected chi connectivity index (χ4v) is 1.68. The maximum Gasteiger partial charge on any atom is 0.125 e. The summed E-state index contributed by atoms with van der Waals surface area (Å²) < 4.78 is 1.73. The second-order valence-corrected chi connectivity index (χ2v) is 3.42. The lowest BCUT2D eigenvalue weighted by Gasteiger charge is -2.07. The number of aromatic hydroxyl groups is 1. The van der Waals surface area contributed by atoms with Gasteiger partial charge in [0.05, 0.1) is 5.69 Å². The van der Waals surface area contributed by atoms with Gasteiger partial charge in [-0.25, -0.2) is 4.68 Å². The maximum absolute atomic E-state index is 9.81. The highest BCUT2D eigenvalue weighted by atomic mass is 16.3. The molecule has 16 heavy (non-hydrogen) atoms. The van der Waals surface area contributed by atoms with Crippen molar-refractivity contribution in [3.63, 3.8) is 0 Å². The highest BCUT2D eigenvalue weighted by molar-refractivity contribution is 5.68. The minimum absolute atomic E-state index is 0.217. The van der Waals surface area contributed by atoms with Gasteiger partial charge in [-0.3, -0.25) is 0 Å². The van der Waals surface area contributed by atoms with Crippen LogP contribution in [-0.2, 0) is 13.1 Å². The Kier molecular flexibility index (Phi) is 2.87. The van der Waals surface area contributed by atoms with Crippen molar-refractivity contribution in [3.05, 3.63) is 30.0 Å². The summed E-state index contributed by atoms with van der Waals surface area (Å²) in [6, 6.07) is 7.12. The van der Waals surface area contributed by atoms with E-state index in [9.17, 15) is 5.11 Å². The second kappa shape index (κ2) is 4.32. The molecule has 0 unspecified atom stereocenters. The molecule has 84 valence electrons. The number of phenols is 1. The van der Waals surface area contributed by atoms with Crippen molar-refractivity contribution in [2.24, 2.45) is 5.73 Å². The van der Waals surface area contributed by atoms with E-state index in [4.69, 9.17) is 5.73 Å². The Balaban J connectivity index is 2.62. The Morgan fingerprint density at radius 1 is 1.38 bits per heavy atom. The molecule has 3 N–H and O–H groups in total. The van der Waals surface area contributed by atoms with E-state index in [1.165, 1.54) is 0 Å². The number of nitrogens with two attached hydrogens (primary N) is 1. The molecule has 1 aromatic carbocycles. The molecule has 0 bridgehead atoms. The maximum atomic E-state index is 9.81. The molecule has 0 atom stereocenters. The van der Waals surface area contributed by atoms with E-state index in [1.807, 2.05) is 19.1 Å². The van der Waals surface area contributed by atoms with E-state index in [0.717, 1.165) is 11.3 Å². The van der Waals surface area contributed by atoms with Crippen molar-refractivity contribution in [3.8, 4) is 17.0 Å². The number of rotatable bonds is 3. The molecule has 0 aliphatic rings. The number of benzene rings is 1. The lowest BCUT2D eigenvalue weighted by Crippen LogP contribution is -2.02. The van der Waals surface area contributed by atoms with Gasteiger partial charge in [-0.1, -0.05) is 17.3 Å². The van der Waals surface area contributed by atoms with Gasteiger partial charge in [-0.05, 0) is 19.1 Å². The fraction of sp³-hybridized carbons (Fsp3) is 0.273. The third-order valence-electron chi connectivity index (χ3n) is 2.46. The van der Waals surface area contributed by atoms with Gasteiger partial charge >= 0.3 is 0 Å². The summed E-state index contributed by atoms with van der Waals surface area (Å²) in [5.41, 5.74) is 7.82. The zero-order valence-corrected chi connectivity index (χ0v) is 9.09. The Morgan fingerprint density at radius 3 is 2.75 bits per heavy atom. The van der Waals surface area contributed by atoms with Crippen LogP contribution in [-0.4, -0.2) is 20.1 Å². The molecule has 1 aromatic heterocycles. The summed E-state index contributed by atoms with van der Waals surface area (Å²) in [6.07, 6.45) is 0. The number of aryl methyl sites for hydroxylation is 1. The van der Waals surface area contributed by atoms with Crippen molar-refractivity contribution >= 4 is 0 Å². The number of aromatic nitrogens is 3. The van der Waals surface area contributed by atoms with Gasteiger partial charge < -0.3 is 10.8 Å². The number of hydrogen-bond donors (Lipinski definition) is 2. The minimum atomic E-state index is 0.217. The van der Waals surface area contributed by atoms with Crippen molar-refractivity contribution < 1.29 is 5.11 Å². The highest BCUT2D eigenvalue weighted by Gasteiger charge is 2.15. The zero-order chi connectivity index (χ0) is 11.5. The Hall–Kier alpha value is -1.88. The monoisotopic (exact) mass is 218 g/mol. The van der Waals surface area contributed by atoms with E-state index in [0.29, 0.717) is 18.8 Å². The molecule has 5 nitrogen and oxygen atoms in total. The van der Waals surface area contributed by atoms with E-state index in [1.54, 1.807) is 16.8 Å². The fourth-order valence-electron chi connectivity index (χ4n) is 1.68. The molecule has 0 spiro atoms. The van der Waals surface area contributed by atoms with Gasteiger partial charge in [-0.15, -0.1) is 5.10 Å². The van der Waals surface area contributed by atoms with Gasteiger partial charge in [0.15, 0.2) is 0 Å². The van der Waals surface area contributed by atoms with Crippen LogP contribution in [0.2, 0.25) is 0 Å². The van der Waals surface area contributed by atoms with Gasteiger partial charge in [0.25, 0.3) is 0 Å². The number of para-hydroxylation sites is 1. The smallest absolute Gasteiger partial charge is 0.125 e. The van der Waals surface area contributed by atoms with Crippen molar-refractivity contribution in [2.45, 2.75) is 20.0 Å². The first-order chi connectivity index (χ1) is 7.77. The standard InChI is InChI=1S/C11H14N4O/c1-2-15-11(9(7-12)13-14-15)8-5-3-4-6-10(8)16/h3-6,16H,2,7,12H2,1H3. The average molecular weight is 218 g/mol. The lowest BCUT2D eigenvalue weighted by atomic mass is 10.1. The van der Waals surface area contributed by atoms with E-state index in [2.05, 4.69) is 10.3 Å². The second-order valence-electron chi connectivity index (χ2n) is 3.42. The molecular weight excluding hydrogens is 204 g/mol. The summed E-state index contributed by atoms with van der Waals surface area (Å²) in [5, 5.41) is 17.8. The normalized spacial score (nSPS) is 10.6. The van der Waals surface area contributed by atoms with Crippen LogP contribution in [0.25, 0.3) is 11.3 Å². The molecule has 1 heterocycles. The van der Waals surface area contributed by atoms with Gasteiger partial charge in [0.2, 0.25) is 0 Å².